The summed E-state index contributed by atoms with van der Waals surface area (Å²) in [7, 11) is 1.75. The van der Waals surface area contributed by atoms with Crippen LogP contribution in [0.15, 0.2) is 47.1 Å². The summed E-state index contributed by atoms with van der Waals surface area (Å²) in [4.78, 5) is 26.5. The van der Waals surface area contributed by atoms with E-state index >= 15 is 0 Å². The number of nitrogens with one attached hydrogen (secondary N) is 1. The second kappa shape index (κ2) is 7.02. The van der Waals surface area contributed by atoms with Crippen LogP contribution in [0.4, 0.5) is 5.69 Å². The maximum absolute atomic E-state index is 12.6. The molecule has 0 saturated carbocycles. The Kier molecular flexibility index (Phi) is 4.41. The van der Waals surface area contributed by atoms with Gasteiger partial charge in [0.2, 0.25) is 11.8 Å². The molecule has 1 saturated heterocycles. The van der Waals surface area contributed by atoms with E-state index < -0.39 is 5.92 Å². The van der Waals surface area contributed by atoms with Crippen molar-refractivity contribution >= 4 is 17.5 Å². The fraction of sp³-hybridized carbons (Fsp3) is 0.278. The van der Waals surface area contributed by atoms with E-state index in [1.54, 1.807) is 41.1 Å². The highest BCUT2D eigenvalue weighted by Crippen LogP contribution is 2.24. The predicted octanol–water partition coefficient (Wildman–Crippen LogP) is 1.46. The molecular formula is C18H18N6O3. The van der Waals surface area contributed by atoms with Gasteiger partial charge in [-0.3, -0.25) is 9.59 Å². The van der Waals surface area contributed by atoms with Crippen LogP contribution in [0.5, 0.6) is 0 Å². The van der Waals surface area contributed by atoms with E-state index in [1.165, 1.54) is 0 Å². The zero-order valence-electron chi connectivity index (χ0n) is 14.7. The number of hydrogen-bond acceptors (Lipinski definition) is 6. The van der Waals surface area contributed by atoms with Gasteiger partial charge >= 0.3 is 0 Å². The molecule has 2 amide bonds. The van der Waals surface area contributed by atoms with Crippen molar-refractivity contribution in [2.75, 3.05) is 11.9 Å². The minimum Gasteiger partial charge on any atom is -0.467 e. The minimum absolute atomic E-state index is 0.0505. The first kappa shape index (κ1) is 17.0. The Morgan fingerprint density at radius 3 is 2.96 bits per heavy atom. The molecule has 1 aromatic carbocycles. The van der Waals surface area contributed by atoms with Crippen LogP contribution < -0.4 is 5.32 Å². The summed E-state index contributed by atoms with van der Waals surface area (Å²) >= 11 is 0. The number of aryl methyl sites for hydroxylation is 1. The summed E-state index contributed by atoms with van der Waals surface area (Å²) in [5, 5.41) is 14.3. The van der Waals surface area contributed by atoms with Crippen LogP contribution in [0, 0.1) is 5.92 Å². The van der Waals surface area contributed by atoms with Crippen LogP contribution in [-0.4, -0.2) is 43.5 Å². The van der Waals surface area contributed by atoms with E-state index in [1.807, 2.05) is 18.2 Å². The average Bonchev–Trinajstić information content (AvgIpc) is 3.38. The van der Waals surface area contributed by atoms with E-state index in [9.17, 15) is 9.59 Å². The lowest BCUT2D eigenvalue weighted by Gasteiger charge is -2.15. The van der Waals surface area contributed by atoms with Crippen LogP contribution in [0.3, 0.4) is 0 Å². The van der Waals surface area contributed by atoms with Gasteiger partial charge in [0, 0.05) is 31.3 Å². The first-order valence-electron chi connectivity index (χ1n) is 8.54. The molecule has 138 valence electrons. The maximum atomic E-state index is 12.6. The van der Waals surface area contributed by atoms with Crippen LogP contribution in [0.1, 0.15) is 12.2 Å². The first-order valence-corrected chi connectivity index (χ1v) is 8.54. The van der Waals surface area contributed by atoms with Crippen LogP contribution in [0.2, 0.25) is 0 Å². The number of aromatic nitrogens is 4. The molecule has 4 rings (SSSR count). The number of amides is 2. The average molecular weight is 366 g/mol. The van der Waals surface area contributed by atoms with Gasteiger partial charge in [0.15, 0.2) is 5.82 Å². The molecule has 27 heavy (non-hydrogen) atoms. The van der Waals surface area contributed by atoms with Gasteiger partial charge in [0.05, 0.1) is 18.7 Å². The molecule has 1 atom stereocenters. The van der Waals surface area contributed by atoms with Gasteiger partial charge in [0.1, 0.15) is 5.76 Å². The molecular weight excluding hydrogens is 348 g/mol. The standard InChI is InChI=1S/C18H18N6O3/c1-23-17(20-21-22-23)12-4-2-5-14(8-12)19-18(26)13-9-16(25)24(10-13)11-15-6-3-7-27-15/h2-8,13H,9-11H2,1H3,(H,19,26). The number of furan rings is 1. The highest BCUT2D eigenvalue weighted by molar-refractivity contribution is 5.97. The van der Waals surface area contributed by atoms with E-state index in [0.717, 1.165) is 5.56 Å². The number of carbonyl (C=O) groups is 2. The summed E-state index contributed by atoms with van der Waals surface area (Å²) in [6.45, 7) is 0.753. The number of nitrogens with zero attached hydrogens (tertiary/aromatic N) is 5. The Morgan fingerprint density at radius 1 is 1.33 bits per heavy atom. The van der Waals surface area contributed by atoms with Crippen molar-refractivity contribution < 1.29 is 14.0 Å². The molecule has 1 fully saturated rings. The largest absolute Gasteiger partial charge is 0.467 e. The third-order valence-electron chi connectivity index (χ3n) is 4.52. The SMILES string of the molecule is Cn1nnnc1-c1cccc(NC(=O)C2CC(=O)N(Cc3ccco3)C2)c1. The van der Waals surface area contributed by atoms with Crippen molar-refractivity contribution in [1.29, 1.82) is 0 Å². The third-order valence-corrected chi connectivity index (χ3v) is 4.52. The van der Waals surface area contributed by atoms with Crippen LogP contribution in [-0.2, 0) is 23.2 Å². The molecule has 0 bridgehead atoms. The van der Waals surface area contributed by atoms with Gasteiger partial charge in [-0.05, 0) is 34.7 Å². The number of tetrazole rings is 1. The van der Waals surface area contributed by atoms with E-state index in [2.05, 4.69) is 20.8 Å². The molecule has 3 aromatic rings. The number of likely N-dealkylation sites (tertiary alicyclic amines) is 1. The van der Waals surface area contributed by atoms with Crippen molar-refractivity contribution in [3.8, 4) is 11.4 Å². The molecule has 9 heteroatoms. The Morgan fingerprint density at radius 2 is 2.22 bits per heavy atom. The fourth-order valence-corrected chi connectivity index (χ4v) is 3.15. The zero-order valence-corrected chi connectivity index (χ0v) is 14.7. The lowest BCUT2D eigenvalue weighted by atomic mass is 10.1. The molecule has 1 unspecified atom stereocenters. The molecule has 3 heterocycles. The second-order valence-corrected chi connectivity index (χ2v) is 6.45. The van der Waals surface area contributed by atoms with Crippen LogP contribution >= 0.6 is 0 Å². The summed E-state index contributed by atoms with van der Waals surface area (Å²) in [6.07, 6.45) is 1.76. The summed E-state index contributed by atoms with van der Waals surface area (Å²) in [6, 6.07) is 10.9. The zero-order chi connectivity index (χ0) is 18.8. The topological polar surface area (TPSA) is 106 Å². The van der Waals surface area contributed by atoms with Gasteiger partial charge in [0.25, 0.3) is 0 Å². The summed E-state index contributed by atoms with van der Waals surface area (Å²) in [5.74, 6) is 0.678. The fourth-order valence-electron chi connectivity index (χ4n) is 3.15. The monoisotopic (exact) mass is 366 g/mol. The molecule has 9 nitrogen and oxygen atoms in total. The van der Waals surface area contributed by atoms with Crippen LogP contribution in [0.25, 0.3) is 11.4 Å². The smallest absolute Gasteiger partial charge is 0.229 e. The number of anilines is 1. The van der Waals surface area contributed by atoms with E-state index in [0.29, 0.717) is 30.4 Å². The highest BCUT2D eigenvalue weighted by atomic mass is 16.3. The Balaban J connectivity index is 1.42. The number of benzene rings is 1. The van der Waals surface area contributed by atoms with Gasteiger partial charge in [-0.1, -0.05) is 12.1 Å². The molecule has 0 spiro atoms. The van der Waals surface area contributed by atoms with Gasteiger partial charge in [-0.15, -0.1) is 5.10 Å². The summed E-state index contributed by atoms with van der Waals surface area (Å²) < 4.78 is 6.84. The normalized spacial score (nSPS) is 16.7. The van der Waals surface area contributed by atoms with E-state index in [-0.39, 0.29) is 18.2 Å². The van der Waals surface area contributed by atoms with Crippen molar-refractivity contribution in [2.45, 2.75) is 13.0 Å². The van der Waals surface area contributed by atoms with Crippen molar-refractivity contribution in [2.24, 2.45) is 13.0 Å². The lowest BCUT2D eigenvalue weighted by molar-refractivity contribution is -0.128. The Labute approximate surface area is 155 Å². The van der Waals surface area contributed by atoms with Gasteiger partial charge in [-0.2, -0.15) is 0 Å². The number of hydrogen-bond donors (Lipinski definition) is 1. The third kappa shape index (κ3) is 3.57. The first-order chi connectivity index (χ1) is 13.1. The number of carbonyl (C=O) groups excluding carboxylic acids is 2. The van der Waals surface area contributed by atoms with E-state index in [4.69, 9.17) is 4.42 Å². The van der Waals surface area contributed by atoms with Gasteiger partial charge in [-0.25, -0.2) is 4.68 Å². The Bertz CT molecular complexity index is 965. The lowest BCUT2D eigenvalue weighted by Crippen LogP contribution is -2.27. The Hall–Kier alpha value is -3.49. The maximum Gasteiger partial charge on any atom is 0.229 e. The number of rotatable bonds is 5. The second-order valence-electron chi connectivity index (χ2n) is 6.45. The quantitative estimate of drug-likeness (QED) is 0.733. The summed E-state index contributed by atoms with van der Waals surface area (Å²) in [5.41, 5.74) is 1.43. The van der Waals surface area contributed by atoms with Crippen molar-refractivity contribution in [3.63, 3.8) is 0 Å². The molecule has 1 N–H and O–H groups in total. The highest BCUT2D eigenvalue weighted by Gasteiger charge is 2.34. The molecule has 1 aliphatic rings. The predicted molar refractivity (Wildman–Crippen MR) is 95.1 cm³/mol. The molecule has 1 aliphatic heterocycles. The van der Waals surface area contributed by atoms with Gasteiger partial charge < -0.3 is 14.6 Å². The molecule has 2 aromatic heterocycles. The molecule has 0 aliphatic carbocycles. The van der Waals surface area contributed by atoms with Crippen molar-refractivity contribution in [1.82, 2.24) is 25.1 Å². The molecule has 0 radical (unpaired) electrons. The van der Waals surface area contributed by atoms with Crippen molar-refractivity contribution in [3.05, 3.63) is 48.4 Å². The minimum atomic E-state index is -0.396.